The summed E-state index contributed by atoms with van der Waals surface area (Å²) in [5.74, 6) is -2.60. The predicted molar refractivity (Wildman–Crippen MR) is 150 cm³/mol. The number of halogens is 2. The smallest absolute Gasteiger partial charge is 0.255 e. The van der Waals surface area contributed by atoms with Gasteiger partial charge in [-0.1, -0.05) is 12.1 Å². The third kappa shape index (κ3) is 5.42. The first-order valence-electron chi connectivity index (χ1n) is 13.3. The number of nitrogens with zero attached hydrogens (tertiary/aromatic N) is 2. The second-order valence-corrected chi connectivity index (χ2v) is 10.2. The summed E-state index contributed by atoms with van der Waals surface area (Å²) in [6, 6.07) is 11.8. The van der Waals surface area contributed by atoms with E-state index in [-0.39, 0.29) is 29.7 Å². The van der Waals surface area contributed by atoms with Crippen LogP contribution in [0.2, 0.25) is 0 Å². The fourth-order valence-corrected chi connectivity index (χ4v) is 4.81. The molecule has 42 heavy (non-hydrogen) atoms. The number of carbonyl (C=O) groups excluding carboxylic acids is 2. The lowest BCUT2D eigenvalue weighted by molar-refractivity contribution is -0.135. The van der Waals surface area contributed by atoms with Gasteiger partial charge in [-0.15, -0.1) is 0 Å². The summed E-state index contributed by atoms with van der Waals surface area (Å²) < 4.78 is 43.9. The molecular formula is C29H28F2N6O5. The lowest BCUT2D eigenvalue weighted by atomic mass is 9.91. The molecule has 11 nitrogen and oxygen atoms in total. The van der Waals surface area contributed by atoms with E-state index in [0.717, 1.165) is 5.56 Å². The third-order valence-corrected chi connectivity index (χ3v) is 7.20. The van der Waals surface area contributed by atoms with Gasteiger partial charge in [-0.3, -0.25) is 9.59 Å². The molecule has 0 spiro atoms. The largest absolute Gasteiger partial charge is 0.495 e. The number of carbonyl (C=O) groups is 2. The molecule has 2 aliphatic rings. The average Bonchev–Trinajstić information content (AvgIpc) is 3.38. The quantitative estimate of drug-likeness (QED) is 0.233. The number of nitrogens with one attached hydrogen (secondary N) is 4. The van der Waals surface area contributed by atoms with Gasteiger partial charge >= 0.3 is 0 Å². The molecule has 4 N–H and O–H groups in total. The molecule has 1 aliphatic carbocycles. The maximum absolute atomic E-state index is 13.6. The summed E-state index contributed by atoms with van der Waals surface area (Å²) in [6.45, 7) is 0.958. The van der Waals surface area contributed by atoms with Crippen LogP contribution in [-0.4, -0.2) is 72.2 Å². The summed E-state index contributed by atoms with van der Waals surface area (Å²) >= 11 is 0. The van der Waals surface area contributed by atoms with Crippen molar-refractivity contribution in [2.45, 2.75) is 30.9 Å². The molecule has 0 bridgehead atoms. The highest BCUT2D eigenvalue weighted by molar-refractivity contribution is 5.99. The van der Waals surface area contributed by atoms with Crippen molar-refractivity contribution >= 4 is 34.5 Å². The minimum absolute atomic E-state index is 0.0186. The maximum Gasteiger partial charge on any atom is 0.255 e. The molecule has 2 aromatic carbocycles. The van der Waals surface area contributed by atoms with E-state index in [4.69, 9.17) is 14.2 Å². The molecule has 3 heterocycles. The van der Waals surface area contributed by atoms with Gasteiger partial charge in [0.25, 0.3) is 17.7 Å². The minimum Gasteiger partial charge on any atom is -0.495 e. The van der Waals surface area contributed by atoms with Gasteiger partial charge in [-0.25, -0.2) is 8.78 Å². The van der Waals surface area contributed by atoms with Crippen LogP contribution >= 0.6 is 0 Å². The Morgan fingerprint density at radius 1 is 1.05 bits per heavy atom. The highest BCUT2D eigenvalue weighted by Crippen LogP contribution is 2.42. The Labute approximate surface area is 239 Å². The zero-order valence-corrected chi connectivity index (χ0v) is 22.8. The lowest BCUT2D eigenvalue weighted by Crippen LogP contribution is -2.48. The molecule has 2 fully saturated rings. The van der Waals surface area contributed by atoms with E-state index >= 15 is 0 Å². The number of aromatic amines is 1. The second kappa shape index (κ2) is 10.9. The Kier molecular flexibility index (Phi) is 7.11. The normalized spacial score (nSPS) is 16.3. The van der Waals surface area contributed by atoms with E-state index < -0.39 is 24.9 Å². The fraction of sp³-hybridized carbons (Fsp3) is 0.310. The Balaban J connectivity index is 1.32. The average molecular weight is 579 g/mol. The van der Waals surface area contributed by atoms with Crippen LogP contribution in [0.15, 0.2) is 48.7 Å². The molecule has 0 atom stereocenters. The Bertz CT molecular complexity index is 1650. The Hall–Kier alpha value is -4.78. The van der Waals surface area contributed by atoms with E-state index in [9.17, 15) is 18.4 Å². The van der Waals surface area contributed by atoms with Crippen LogP contribution < -0.4 is 25.4 Å². The first-order chi connectivity index (χ1) is 20.2. The van der Waals surface area contributed by atoms with Gasteiger partial charge in [0.15, 0.2) is 0 Å². The zero-order valence-electron chi connectivity index (χ0n) is 22.8. The summed E-state index contributed by atoms with van der Waals surface area (Å²) in [6.07, 6.45) is 0.192. The van der Waals surface area contributed by atoms with E-state index in [1.54, 1.807) is 55.7 Å². The third-order valence-electron chi connectivity index (χ3n) is 7.20. The molecule has 13 heteroatoms. The Morgan fingerprint density at radius 2 is 1.79 bits per heavy atom. The molecule has 1 saturated heterocycles. The molecule has 6 rings (SSSR count). The number of aromatic nitrogens is 3. The van der Waals surface area contributed by atoms with Crippen molar-refractivity contribution in [3.63, 3.8) is 0 Å². The molecule has 2 aromatic heterocycles. The van der Waals surface area contributed by atoms with E-state index in [2.05, 4.69) is 30.9 Å². The number of amides is 2. The molecule has 0 unspecified atom stereocenters. The zero-order chi connectivity index (χ0) is 29.4. The van der Waals surface area contributed by atoms with Gasteiger partial charge < -0.3 is 35.1 Å². The van der Waals surface area contributed by atoms with Crippen LogP contribution in [-0.2, 0) is 4.74 Å². The summed E-state index contributed by atoms with van der Waals surface area (Å²) in [4.78, 5) is 36.8. The summed E-state index contributed by atoms with van der Waals surface area (Å²) in [7, 11) is 3.03. The summed E-state index contributed by atoms with van der Waals surface area (Å²) in [5, 5.41) is 9.08. The van der Waals surface area contributed by atoms with Crippen LogP contribution in [0.3, 0.4) is 0 Å². The topological polar surface area (TPSA) is 139 Å². The van der Waals surface area contributed by atoms with Crippen molar-refractivity contribution in [1.82, 2.24) is 25.6 Å². The Morgan fingerprint density at radius 3 is 2.43 bits per heavy atom. The van der Waals surface area contributed by atoms with Crippen LogP contribution in [0.1, 0.15) is 33.6 Å². The number of hydrogen-bond donors (Lipinski definition) is 4. The van der Waals surface area contributed by atoms with Gasteiger partial charge in [0.05, 0.1) is 37.4 Å². The van der Waals surface area contributed by atoms with E-state index in [0.29, 0.717) is 52.4 Å². The highest BCUT2D eigenvalue weighted by atomic mass is 19.3. The monoisotopic (exact) mass is 578 g/mol. The fourth-order valence-electron chi connectivity index (χ4n) is 4.81. The van der Waals surface area contributed by atoms with Crippen LogP contribution in [0.25, 0.3) is 22.2 Å². The van der Waals surface area contributed by atoms with Gasteiger partial charge in [0.2, 0.25) is 11.8 Å². The molecule has 1 aliphatic heterocycles. The van der Waals surface area contributed by atoms with Crippen molar-refractivity contribution in [1.29, 1.82) is 0 Å². The molecule has 2 amide bonds. The number of methoxy groups -OCH3 is 1. The number of alkyl halides is 2. The van der Waals surface area contributed by atoms with Gasteiger partial charge in [0.1, 0.15) is 17.5 Å². The van der Waals surface area contributed by atoms with Crippen LogP contribution in [0.5, 0.6) is 11.6 Å². The number of anilines is 2. The van der Waals surface area contributed by atoms with Crippen LogP contribution in [0, 0.1) is 0 Å². The van der Waals surface area contributed by atoms with Crippen molar-refractivity contribution in [3.05, 3.63) is 59.8 Å². The number of hydrogen-bond acceptors (Lipinski definition) is 8. The standard InChI is InChI=1S/C29H28F2N6O5/c1-32-25(38)16-5-3-15(4-6-16)20-12-33-24-23(20)27(42-19-10-29(30,31)11-19)37-28(36-24)35-21-8-7-17(9-22(21)40-2)26(39)34-18-13-41-14-18/h3-9,12,18-19H,10-11,13-14H2,1-2H3,(H,32,38)(H,34,39)(H2,33,35,36,37). The number of H-pyrrole nitrogens is 1. The first kappa shape index (κ1) is 27.4. The predicted octanol–water partition coefficient (Wildman–Crippen LogP) is 4.04. The molecular weight excluding hydrogens is 550 g/mol. The number of rotatable bonds is 9. The van der Waals surface area contributed by atoms with Crippen molar-refractivity contribution in [3.8, 4) is 22.8 Å². The van der Waals surface area contributed by atoms with E-state index in [1.165, 1.54) is 7.11 Å². The van der Waals surface area contributed by atoms with Gasteiger partial charge in [0, 0.05) is 42.8 Å². The number of fused-ring (bicyclic) bond motifs is 1. The lowest BCUT2D eigenvalue weighted by Gasteiger charge is -2.34. The first-order valence-corrected chi connectivity index (χ1v) is 13.3. The highest BCUT2D eigenvalue weighted by Gasteiger charge is 2.47. The van der Waals surface area contributed by atoms with Crippen LogP contribution in [0.4, 0.5) is 20.4 Å². The molecule has 0 radical (unpaired) electrons. The SMILES string of the molecule is CNC(=O)c1ccc(-c2c[nH]c3nc(Nc4ccc(C(=O)NC5COC5)cc4OC)nc(OC4CC(F)(F)C4)c23)cc1. The van der Waals surface area contributed by atoms with Gasteiger partial charge in [-0.05, 0) is 35.9 Å². The van der Waals surface area contributed by atoms with Gasteiger partial charge in [-0.2, -0.15) is 9.97 Å². The number of benzene rings is 2. The molecule has 1 saturated carbocycles. The summed E-state index contributed by atoms with van der Waals surface area (Å²) in [5.41, 5.74) is 3.24. The van der Waals surface area contributed by atoms with Crippen molar-refractivity contribution in [2.24, 2.45) is 0 Å². The van der Waals surface area contributed by atoms with E-state index in [1.807, 2.05) is 0 Å². The second-order valence-electron chi connectivity index (χ2n) is 10.2. The molecule has 4 aromatic rings. The van der Waals surface area contributed by atoms with Crippen molar-refractivity contribution in [2.75, 3.05) is 32.7 Å². The maximum atomic E-state index is 13.6. The minimum atomic E-state index is -2.78. The number of ether oxygens (including phenoxy) is 3. The van der Waals surface area contributed by atoms with Crippen molar-refractivity contribution < 1.29 is 32.6 Å². The molecule has 218 valence electrons.